The molecule has 9 heteroatoms. The molecule has 1 amide bonds. The second-order valence-electron chi connectivity index (χ2n) is 7.61. The van der Waals surface area contributed by atoms with Crippen LogP contribution in [0.1, 0.15) is 31.0 Å². The van der Waals surface area contributed by atoms with Gasteiger partial charge in [0.2, 0.25) is 0 Å². The predicted molar refractivity (Wildman–Crippen MR) is 109 cm³/mol. The highest BCUT2D eigenvalue weighted by Crippen LogP contribution is 2.39. The topological polar surface area (TPSA) is 143 Å². The molecule has 0 saturated heterocycles. The van der Waals surface area contributed by atoms with Crippen molar-refractivity contribution >= 4 is 17.6 Å². The van der Waals surface area contributed by atoms with Crippen molar-refractivity contribution < 1.29 is 29.7 Å². The normalized spacial score (nSPS) is 15.7. The van der Waals surface area contributed by atoms with E-state index in [4.69, 9.17) is 4.74 Å². The molecule has 0 aromatic heterocycles. The summed E-state index contributed by atoms with van der Waals surface area (Å²) in [6.07, 6.45) is 0. The number of benzene rings is 2. The molecule has 3 rings (SSSR count). The molecule has 1 aliphatic rings. The van der Waals surface area contributed by atoms with E-state index in [-0.39, 0.29) is 17.7 Å². The number of hydroxylamine groups is 2. The molecule has 1 unspecified atom stereocenters. The van der Waals surface area contributed by atoms with Crippen molar-refractivity contribution in [3.8, 4) is 17.6 Å². The Kier molecular flexibility index (Phi) is 5.86. The van der Waals surface area contributed by atoms with E-state index < -0.39 is 34.8 Å². The molecule has 1 atom stereocenters. The van der Waals surface area contributed by atoms with Gasteiger partial charge in [-0.2, -0.15) is 5.26 Å². The van der Waals surface area contributed by atoms with E-state index in [0.29, 0.717) is 16.6 Å². The Morgan fingerprint density at radius 1 is 1.19 bits per heavy atom. The van der Waals surface area contributed by atoms with Gasteiger partial charge in [0.15, 0.2) is 17.5 Å². The number of carbonyl (C=O) groups is 2. The van der Waals surface area contributed by atoms with Crippen LogP contribution in [-0.2, 0) is 9.59 Å². The number of amides is 1. The van der Waals surface area contributed by atoms with E-state index in [1.54, 1.807) is 30.3 Å². The van der Waals surface area contributed by atoms with Gasteiger partial charge in [-0.25, -0.2) is 5.06 Å². The minimum Gasteiger partial charge on any atom is -0.505 e. The average Bonchev–Trinajstić information content (AvgIpc) is 2.73. The molecule has 0 radical (unpaired) electrons. The monoisotopic (exact) mass is 423 g/mol. The third kappa shape index (κ3) is 4.29. The molecular weight excluding hydrogens is 402 g/mol. The SMILES string of the molecule is CC(C)(CNC(=O)C1=C(O)c2ccc(Oc3ccccc3)cc2C(C#N)N1O)C(=O)O. The minimum atomic E-state index is -1.29. The predicted octanol–water partition coefficient (Wildman–Crippen LogP) is 3.20. The van der Waals surface area contributed by atoms with Gasteiger partial charge in [-0.15, -0.1) is 0 Å². The first-order valence-corrected chi connectivity index (χ1v) is 9.35. The number of rotatable bonds is 6. The number of nitrogens with zero attached hydrogens (tertiary/aromatic N) is 2. The zero-order valence-corrected chi connectivity index (χ0v) is 16.9. The highest BCUT2D eigenvalue weighted by molar-refractivity contribution is 6.00. The number of aliphatic hydroxyl groups excluding tert-OH is 1. The molecule has 2 aromatic carbocycles. The maximum atomic E-state index is 12.6. The lowest BCUT2D eigenvalue weighted by molar-refractivity contribution is -0.147. The number of hydrogen-bond donors (Lipinski definition) is 4. The van der Waals surface area contributed by atoms with Gasteiger partial charge in [0.05, 0.1) is 11.5 Å². The third-order valence-corrected chi connectivity index (χ3v) is 4.86. The van der Waals surface area contributed by atoms with Crippen molar-refractivity contribution in [2.75, 3.05) is 6.54 Å². The van der Waals surface area contributed by atoms with Crippen molar-refractivity contribution in [3.63, 3.8) is 0 Å². The van der Waals surface area contributed by atoms with Crippen molar-refractivity contribution in [1.29, 1.82) is 5.26 Å². The highest BCUT2D eigenvalue weighted by atomic mass is 16.5. The number of ether oxygens (including phenoxy) is 1. The number of fused-ring (bicyclic) bond motifs is 1. The van der Waals surface area contributed by atoms with E-state index >= 15 is 0 Å². The van der Waals surface area contributed by atoms with Gasteiger partial charge < -0.3 is 20.3 Å². The van der Waals surface area contributed by atoms with Gasteiger partial charge in [-0.3, -0.25) is 14.8 Å². The number of carboxylic acid groups (broad SMARTS) is 1. The maximum absolute atomic E-state index is 12.6. The van der Waals surface area contributed by atoms with E-state index in [1.807, 2.05) is 12.1 Å². The van der Waals surface area contributed by atoms with Crippen LogP contribution in [0.5, 0.6) is 11.5 Å². The number of aliphatic carboxylic acids is 1. The first-order chi connectivity index (χ1) is 14.7. The van der Waals surface area contributed by atoms with Crippen LogP contribution in [0.3, 0.4) is 0 Å². The first kappa shape index (κ1) is 21.7. The van der Waals surface area contributed by atoms with Gasteiger partial charge >= 0.3 is 5.97 Å². The van der Waals surface area contributed by atoms with Gasteiger partial charge in [0.1, 0.15) is 11.5 Å². The number of hydrogen-bond acceptors (Lipinski definition) is 7. The van der Waals surface area contributed by atoms with Crippen LogP contribution in [0.4, 0.5) is 0 Å². The minimum absolute atomic E-state index is 0.180. The van der Waals surface area contributed by atoms with Crippen LogP contribution in [0.2, 0.25) is 0 Å². The van der Waals surface area contributed by atoms with Gasteiger partial charge in [-0.05, 0) is 44.2 Å². The second kappa shape index (κ2) is 8.38. The van der Waals surface area contributed by atoms with Crippen LogP contribution >= 0.6 is 0 Å². The van der Waals surface area contributed by atoms with Gasteiger partial charge in [0.25, 0.3) is 5.91 Å². The molecule has 0 saturated carbocycles. The van der Waals surface area contributed by atoms with E-state index in [2.05, 4.69) is 5.32 Å². The van der Waals surface area contributed by atoms with E-state index in [0.717, 1.165) is 0 Å². The number of para-hydroxylation sites is 1. The Hall–Kier alpha value is -4.03. The molecule has 160 valence electrons. The quantitative estimate of drug-likeness (QED) is 0.555. The molecule has 2 aromatic rings. The van der Waals surface area contributed by atoms with Crippen LogP contribution < -0.4 is 10.1 Å². The molecular formula is C22H21N3O6. The molecule has 0 fully saturated rings. The summed E-state index contributed by atoms with van der Waals surface area (Å²) >= 11 is 0. The molecule has 0 spiro atoms. The van der Waals surface area contributed by atoms with Gasteiger partial charge in [0, 0.05) is 17.7 Å². The summed E-state index contributed by atoms with van der Waals surface area (Å²) in [7, 11) is 0. The second-order valence-corrected chi connectivity index (χ2v) is 7.61. The lowest BCUT2D eigenvalue weighted by atomic mass is 9.92. The number of aliphatic hydroxyl groups is 1. The molecule has 4 N–H and O–H groups in total. The smallest absolute Gasteiger partial charge is 0.310 e. The summed E-state index contributed by atoms with van der Waals surface area (Å²) < 4.78 is 5.74. The number of carboxylic acids is 1. The zero-order valence-electron chi connectivity index (χ0n) is 16.9. The van der Waals surface area contributed by atoms with Crippen molar-refractivity contribution in [3.05, 3.63) is 65.4 Å². The Morgan fingerprint density at radius 2 is 1.87 bits per heavy atom. The summed E-state index contributed by atoms with van der Waals surface area (Å²) in [5, 5.41) is 42.7. The first-order valence-electron chi connectivity index (χ1n) is 9.35. The fraction of sp³-hybridized carbons (Fsp3) is 0.227. The number of carbonyl (C=O) groups excluding carboxylic acids is 1. The van der Waals surface area contributed by atoms with Crippen molar-refractivity contribution in [2.24, 2.45) is 5.41 Å². The molecule has 31 heavy (non-hydrogen) atoms. The Morgan fingerprint density at radius 3 is 2.48 bits per heavy atom. The largest absolute Gasteiger partial charge is 0.505 e. The summed E-state index contributed by atoms with van der Waals surface area (Å²) in [5.41, 5.74) is -1.38. The summed E-state index contributed by atoms with van der Waals surface area (Å²) in [5.74, 6) is -1.64. The Bertz CT molecular complexity index is 1090. The third-order valence-electron chi connectivity index (χ3n) is 4.86. The lowest BCUT2D eigenvalue weighted by Crippen LogP contribution is -2.43. The zero-order chi connectivity index (χ0) is 22.8. The van der Waals surface area contributed by atoms with Crippen LogP contribution in [0.15, 0.2) is 54.2 Å². The summed E-state index contributed by atoms with van der Waals surface area (Å²) in [6.45, 7) is 2.59. The summed E-state index contributed by atoms with van der Waals surface area (Å²) in [4.78, 5) is 23.8. The standard InChI is InChI=1S/C22H21N3O6/c1-22(2,21(28)29)12-24-20(27)18-19(26)15-9-8-14(31-13-6-4-3-5-7-13)10-16(15)17(11-23)25(18)30/h3-10,17,26,30H,12H2,1-2H3,(H,24,27)(H,28,29). The maximum Gasteiger partial charge on any atom is 0.310 e. The lowest BCUT2D eigenvalue weighted by Gasteiger charge is -2.31. The Labute approximate surface area is 178 Å². The van der Waals surface area contributed by atoms with Crippen LogP contribution in [0.25, 0.3) is 5.76 Å². The summed E-state index contributed by atoms with van der Waals surface area (Å²) in [6, 6.07) is 14.1. The fourth-order valence-electron chi connectivity index (χ4n) is 2.96. The highest BCUT2D eigenvalue weighted by Gasteiger charge is 2.37. The molecule has 1 aliphatic heterocycles. The van der Waals surface area contributed by atoms with Crippen LogP contribution in [-0.4, -0.2) is 38.9 Å². The van der Waals surface area contributed by atoms with E-state index in [1.165, 1.54) is 26.0 Å². The van der Waals surface area contributed by atoms with Gasteiger partial charge in [-0.1, -0.05) is 18.2 Å². The number of nitrogens with one attached hydrogen (secondary N) is 1. The molecule has 0 aliphatic carbocycles. The van der Waals surface area contributed by atoms with E-state index in [9.17, 15) is 30.3 Å². The molecule has 1 heterocycles. The fourth-order valence-corrected chi connectivity index (χ4v) is 2.96. The number of nitriles is 1. The van der Waals surface area contributed by atoms with Crippen molar-refractivity contribution in [1.82, 2.24) is 10.4 Å². The average molecular weight is 423 g/mol. The Balaban J connectivity index is 1.94. The van der Waals surface area contributed by atoms with Crippen LogP contribution in [0, 0.1) is 16.7 Å². The van der Waals surface area contributed by atoms with Crippen molar-refractivity contribution in [2.45, 2.75) is 19.9 Å². The molecule has 9 nitrogen and oxygen atoms in total. The molecule has 0 bridgehead atoms.